The summed E-state index contributed by atoms with van der Waals surface area (Å²) < 4.78 is 5.30. The normalized spacial score (nSPS) is 14.6. The van der Waals surface area contributed by atoms with Gasteiger partial charge in [0.05, 0.1) is 23.3 Å². The number of halogens is 2. The number of aromatic nitrogens is 2. The van der Waals surface area contributed by atoms with Gasteiger partial charge in [0.15, 0.2) is 0 Å². The van der Waals surface area contributed by atoms with Crippen LogP contribution in [0.4, 0.5) is 11.6 Å². The van der Waals surface area contributed by atoms with E-state index >= 15 is 0 Å². The molecule has 1 aliphatic rings. The number of nitrogens with one attached hydrogen (secondary N) is 1. The molecular formula is C15H14Cl2N4O2. The van der Waals surface area contributed by atoms with Crippen molar-refractivity contribution in [2.45, 2.75) is 0 Å². The number of benzene rings is 1. The van der Waals surface area contributed by atoms with Gasteiger partial charge >= 0.3 is 0 Å². The minimum atomic E-state index is -0.333. The number of rotatable bonds is 3. The van der Waals surface area contributed by atoms with Gasteiger partial charge in [0.1, 0.15) is 5.69 Å². The average molecular weight is 353 g/mol. The van der Waals surface area contributed by atoms with Gasteiger partial charge in [-0.25, -0.2) is 9.97 Å². The molecule has 0 radical (unpaired) electrons. The molecule has 1 saturated heterocycles. The van der Waals surface area contributed by atoms with E-state index < -0.39 is 0 Å². The fraction of sp³-hybridized carbons (Fsp3) is 0.267. The van der Waals surface area contributed by atoms with E-state index in [4.69, 9.17) is 27.9 Å². The average Bonchev–Trinajstić information content (AvgIpc) is 2.59. The Hall–Kier alpha value is -1.89. The summed E-state index contributed by atoms with van der Waals surface area (Å²) in [6.07, 6.45) is 1.57. The molecule has 1 aromatic carbocycles. The second kappa shape index (κ2) is 7.12. The van der Waals surface area contributed by atoms with Crippen molar-refractivity contribution in [2.75, 3.05) is 36.5 Å². The molecule has 1 aliphatic heterocycles. The summed E-state index contributed by atoms with van der Waals surface area (Å²) in [5.41, 5.74) is 0.837. The molecule has 23 heavy (non-hydrogen) atoms. The van der Waals surface area contributed by atoms with E-state index in [0.717, 1.165) is 0 Å². The molecule has 0 spiro atoms. The number of carbonyl (C=O) groups excluding carboxylic acids is 1. The highest BCUT2D eigenvalue weighted by atomic mass is 35.5. The maximum absolute atomic E-state index is 12.3. The van der Waals surface area contributed by atoms with Gasteiger partial charge in [-0.2, -0.15) is 0 Å². The van der Waals surface area contributed by atoms with Crippen LogP contribution in [0.15, 0.2) is 30.5 Å². The highest BCUT2D eigenvalue weighted by molar-refractivity contribution is 6.42. The van der Waals surface area contributed by atoms with Gasteiger partial charge in [0.25, 0.3) is 5.91 Å². The first-order valence-corrected chi connectivity index (χ1v) is 7.81. The minimum Gasteiger partial charge on any atom is -0.378 e. The first kappa shape index (κ1) is 16.0. The van der Waals surface area contributed by atoms with Gasteiger partial charge in [-0.1, -0.05) is 23.2 Å². The number of morpholine rings is 1. The fourth-order valence-corrected chi connectivity index (χ4v) is 2.46. The van der Waals surface area contributed by atoms with Gasteiger partial charge in [0.2, 0.25) is 5.95 Å². The molecule has 0 bridgehead atoms. The molecular weight excluding hydrogens is 339 g/mol. The van der Waals surface area contributed by atoms with Gasteiger partial charge in [-0.15, -0.1) is 0 Å². The fourth-order valence-electron chi connectivity index (χ4n) is 2.16. The van der Waals surface area contributed by atoms with Crippen LogP contribution in [-0.2, 0) is 4.74 Å². The highest BCUT2D eigenvalue weighted by Crippen LogP contribution is 2.25. The zero-order chi connectivity index (χ0) is 16.2. The maximum atomic E-state index is 12.3. The van der Waals surface area contributed by atoms with Crippen LogP contribution >= 0.6 is 23.2 Å². The van der Waals surface area contributed by atoms with Crippen LogP contribution in [0, 0.1) is 0 Å². The van der Waals surface area contributed by atoms with E-state index in [1.165, 1.54) is 0 Å². The number of ether oxygens (including phenoxy) is 1. The number of amides is 1. The van der Waals surface area contributed by atoms with Gasteiger partial charge < -0.3 is 15.0 Å². The molecule has 0 unspecified atom stereocenters. The van der Waals surface area contributed by atoms with Gasteiger partial charge in [-0.3, -0.25) is 4.79 Å². The first-order chi connectivity index (χ1) is 11.1. The van der Waals surface area contributed by atoms with E-state index in [-0.39, 0.29) is 11.6 Å². The highest BCUT2D eigenvalue weighted by Gasteiger charge is 2.16. The lowest BCUT2D eigenvalue weighted by molar-refractivity contribution is 0.102. The quantitative estimate of drug-likeness (QED) is 0.919. The maximum Gasteiger partial charge on any atom is 0.274 e. The van der Waals surface area contributed by atoms with Crippen molar-refractivity contribution in [3.63, 3.8) is 0 Å². The smallest absolute Gasteiger partial charge is 0.274 e. The molecule has 2 heterocycles. The lowest BCUT2D eigenvalue weighted by Crippen LogP contribution is -2.37. The SMILES string of the molecule is O=C(Nc1ccc(Cl)c(Cl)c1)c1ccnc(N2CCOCC2)n1. The van der Waals surface area contributed by atoms with Crippen LogP contribution in [0.3, 0.4) is 0 Å². The van der Waals surface area contributed by atoms with Crippen molar-refractivity contribution < 1.29 is 9.53 Å². The van der Waals surface area contributed by atoms with E-state index in [0.29, 0.717) is 48.0 Å². The number of nitrogens with zero attached hydrogens (tertiary/aromatic N) is 3. The van der Waals surface area contributed by atoms with Gasteiger partial charge in [-0.05, 0) is 24.3 Å². The number of hydrogen-bond acceptors (Lipinski definition) is 5. The molecule has 120 valence electrons. The Bertz CT molecular complexity index is 720. The Morgan fingerprint density at radius 1 is 1.17 bits per heavy atom. The van der Waals surface area contributed by atoms with Crippen molar-refractivity contribution in [3.8, 4) is 0 Å². The first-order valence-electron chi connectivity index (χ1n) is 7.05. The lowest BCUT2D eigenvalue weighted by Gasteiger charge is -2.26. The summed E-state index contributed by atoms with van der Waals surface area (Å²) in [6.45, 7) is 2.67. The van der Waals surface area contributed by atoms with Crippen LogP contribution in [-0.4, -0.2) is 42.2 Å². The van der Waals surface area contributed by atoms with Crippen LogP contribution in [0.2, 0.25) is 10.0 Å². The summed E-state index contributed by atoms with van der Waals surface area (Å²) in [6, 6.07) is 6.46. The topological polar surface area (TPSA) is 67.4 Å². The second-order valence-corrected chi connectivity index (χ2v) is 5.74. The minimum absolute atomic E-state index is 0.285. The third-order valence-corrected chi connectivity index (χ3v) is 4.09. The van der Waals surface area contributed by atoms with Crippen molar-refractivity contribution >= 4 is 40.7 Å². The predicted molar refractivity (Wildman–Crippen MR) is 89.5 cm³/mol. The molecule has 8 heteroatoms. The van der Waals surface area contributed by atoms with Crippen LogP contribution in [0.5, 0.6) is 0 Å². The molecule has 1 aromatic heterocycles. The van der Waals surface area contributed by atoms with E-state index in [9.17, 15) is 4.79 Å². The molecule has 0 saturated carbocycles. The molecule has 0 aliphatic carbocycles. The monoisotopic (exact) mass is 352 g/mol. The van der Waals surface area contributed by atoms with Crippen molar-refractivity contribution in [1.82, 2.24) is 9.97 Å². The molecule has 6 nitrogen and oxygen atoms in total. The van der Waals surface area contributed by atoms with E-state index in [1.807, 2.05) is 4.90 Å². The van der Waals surface area contributed by atoms with Gasteiger partial charge in [0, 0.05) is 25.0 Å². The third kappa shape index (κ3) is 3.90. The van der Waals surface area contributed by atoms with Crippen molar-refractivity contribution in [3.05, 3.63) is 46.2 Å². The zero-order valence-electron chi connectivity index (χ0n) is 12.1. The van der Waals surface area contributed by atoms with Crippen molar-refractivity contribution in [2.24, 2.45) is 0 Å². The Labute approximate surface area is 143 Å². The molecule has 1 N–H and O–H groups in total. The summed E-state index contributed by atoms with van der Waals surface area (Å²) in [5.74, 6) is 0.190. The summed E-state index contributed by atoms with van der Waals surface area (Å²) in [5, 5.41) is 3.55. The predicted octanol–water partition coefficient (Wildman–Crippen LogP) is 2.87. The Kier molecular flexibility index (Phi) is 4.95. The summed E-state index contributed by atoms with van der Waals surface area (Å²) in [7, 11) is 0. The Morgan fingerprint density at radius 2 is 1.96 bits per heavy atom. The van der Waals surface area contributed by atoms with Crippen LogP contribution in [0.1, 0.15) is 10.5 Å². The van der Waals surface area contributed by atoms with E-state index in [1.54, 1.807) is 30.5 Å². The summed E-state index contributed by atoms with van der Waals surface area (Å²) in [4.78, 5) is 22.8. The lowest BCUT2D eigenvalue weighted by atomic mass is 10.3. The standard InChI is InChI=1S/C15H14Cl2N4O2/c16-11-2-1-10(9-12(11)17)19-14(22)13-3-4-18-15(20-13)21-5-7-23-8-6-21/h1-4,9H,5-8H2,(H,19,22). The molecule has 3 rings (SSSR count). The van der Waals surface area contributed by atoms with Crippen molar-refractivity contribution in [1.29, 1.82) is 0 Å². The third-order valence-electron chi connectivity index (χ3n) is 3.35. The zero-order valence-corrected chi connectivity index (χ0v) is 13.6. The Morgan fingerprint density at radius 3 is 2.70 bits per heavy atom. The molecule has 0 atom stereocenters. The van der Waals surface area contributed by atoms with E-state index in [2.05, 4.69) is 15.3 Å². The largest absolute Gasteiger partial charge is 0.378 e. The molecule has 1 fully saturated rings. The number of anilines is 2. The van der Waals surface area contributed by atoms with Crippen LogP contribution in [0.25, 0.3) is 0 Å². The molecule has 2 aromatic rings. The molecule has 1 amide bonds. The van der Waals surface area contributed by atoms with Crippen LogP contribution < -0.4 is 10.2 Å². The number of carbonyl (C=O) groups is 1. The number of hydrogen-bond donors (Lipinski definition) is 1. The second-order valence-electron chi connectivity index (χ2n) is 4.92. The Balaban J connectivity index is 1.75. The summed E-state index contributed by atoms with van der Waals surface area (Å²) >= 11 is 11.8.